The standard InChI is InChI=1S/C15H19N3O4/c1-8(2)4-12(18-15(20)21)14-16-10-5-9(7-19)13(22-3)6-11(10)17-14/h5-8,12,18H,4H2,1-3H3,(H,16,17)(H,20,21). The lowest BCUT2D eigenvalue weighted by Gasteiger charge is -2.16. The van der Waals surface area contributed by atoms with Gasteiger partial charge in [-0.1, -0.05) is 13.8 Å². The molecule has 118 valence electrons. The largest absolute Gasteiger partial charge is 0.496 e. The summed E-state index contributed by atoms with van der Waals surface area (Å²) in [6, 6.07) is 2.87. The van der Waals surface area contributed by atoms with E-state index >= 15 is 0 Å². The van der Waals surface area contributed by atoms with Crippen LogP contribution < -0.4 is 10.1 Å². The first kappa shape index (κ1) is 15.8. The van der Waals surface area contributed by atoms with E-state index in [0.717, 1.165) is 0 Å². The SMILES string of the molecule is COc1cc2nc(C(CC(C)C)NC(=O)O)[nH]c2cc1C=O. The van der Waals surface area contributed by atoms with E-state index in [0.29, 0.717) is 46.8 Å². The molecule has 7 heteroatoms. The molecular formula is C15H19N3O4. The van der Waals surface area contributed by atoms with Crippen molar-refractivity contribution in [2.45, 2.75) is 26.3 Å². The van der Waals surface area contributed by atoms with Crippen molar-refractivity contribution in [3.05, 3.63) is 23.5 Å². The van der Waals surface area contributed by atoms with Crippen LogP contribution in [0.2, 0.25) is 0 Å². The minimum Gasteiger partial charge on any atom is -0.496 e. The van der Waals surface area contributed by atoms with Gasteiger partial charge in [0.25, 0.3) is 0 Å². The lowest BCUT2D eigenvalue weighted by atomic mass is 10.0. The van der Waals surface area contributed by atoms with Crippen LogP contribution in [0, 0.1) is 5.92 Å². The number of nitrogens with one attached hydrogen (secondary N) is 2. The molecule has 0 saturated heterocycles. The smallest absolute Gasteiger partial charge is 0.405 e. The van der Waals surface area contributed by atoms with Gasteiger partial charge in [-0.25, -0.2) is 9.78 Å². The molecule has 2 rings (SSSR count). The Labute approximate surface area is 127 Å². The van der Waals surface area contributed by atoms with Gasteiger partial charge in [0, 0.05) is 6.07 Å². The summed E-state index contributed by atoms with van der Waals surface area (Å²) in [4.78, 5) is 29.5. The number of ether oxygens (including phenoxy) is 1. The predicted octanol–water partition coefficient (Wildman–Crippen LogP) is 2.74. The Morgan fingerprint density at radius 3 is 2.77 bits per heavy atom. The summed E-state index contributed by atoms with van der Waals surface area (Å²) < 4.78 is 5.15. The number of H-pyrrole nitrogens is 1. The number of carbonyl (C=O) groups is 2. The second kappa shape index (κ2) is 6.46. The number of nitrogens with zero attached hydrogens (tertiary/aromatic N) is 1. The Bertz CT molecular complexity index is 693. The topological polar surface area (TPSA) is 104 Å². The fourth-order valence-electron chi connectivity index (χ4n) is 2.37. The lowest BCUT2D eigenvalue weighted by Crippen LogP contribution is -2.28. The Balaban J connectivity index is 2.45. The summed E-state index contributed by atoms with van der Waals surface area (Å²) >= 11 is 0. The van der Waals surface area contributed by atoms with Crippen LogP contribution in [0.1, 0.15) is 42.5 Å². The number of hydrogen-bond acceptors (Lipinski definition) is 4. The average molecular weight is 305 g/mol. The maximum Gasteiger partial charge on any atom is 0.405 e. The molecule has 1 aromatic carbocycles. The normalized spacial score (nSPS) is 12.4. The number of fused-ring (bicyclic) bond motifs is 1. The Morgan fingerprint density at radius 1 is 1.50 bits per heavy atom. The van der Waals surface area contributed by atoms with Gasteiger partial charge in [0.1, 0.15) is 11.6 Å². The molecule has 1 unspecified atom stereocenters. The highest BCUT2D eigenvalue weighted by Crippen LogP contribution is 2.26. The van der Waals surface area contributed by atoms with Crippen LogP contribution in [0.5, 0.6) is 5.75 Å². The van der Waals surface area contributed by atoms with Crippen molar-refractivity contribution >= 4 is 23.4 Å². The van der Waals surface area contributed by atoms with E-state index in [1.807, 2.05) is 13.8 Å². The fraction of sp³-hybridized carbons (Fsp3) is 0.400. The van der Waals surface area contributed by atoms with Crippen LogP contribution in [0.3, 0.4) is 0 Å². The number of imidazole rings is 1. The lowest BCUT2D eigenvalue weighted by molar-refractivity contribution is 0.112. The van der Waals surface area contributed by atoms with E-state index in [2.05, 4.69) is 15.3 Å². The monoisotopic (exact) mass is 305 g/mol. The Kier molecular flexibility index (Phi) is 4.65. The van der Waals surface area contributed by atoms with Crippen molar-refractivity contribution in [1.82, 2.24) is 15.3 Å². The number of aromatic amines is 1. The first-order valence-electron chi connectivity index (χ1n) is 6.96. The van der Waals surface area contributed by atoms with E-state index in [9.17, 15) is 9.59 Å². The summed E-state index contributed by atoms with van der Waals surface area (Å²) in [5, 5.41) is 11.4. The maximum absolute atomic E-state index is 11.1. The average Bonchev–Trinajstić information content (AvgIpc) is 2.86. The summed E-state index contributed by atoms with van der Waals surface area (Å²) in [5.41, 5.74) is 1.70. The van der Waals surface area contributed by atoms with Gasteiger partial charge in [0.2, 0.25) is 0 Å². The third kappa shape index (κ3) is 3.36. The van der Waals surface area contributed by atoms with E-state index in [1.165, 1.54) is 7.11 Å². The number of carboxylic acid groups (broad SMARTS) is 1. The van der Waals surface area contributed by atoms with Crippen LogP contribution in [0.15, 0.2) is 12.1 Å². The molecule has 1 atom stereocenters. The molecule has 0 fully saturated rings. The molecule has 0 aliphatic carbocycles. The van der Waals surface area contributed by atoms with Crippen molar-refractivity contribution in [2.24, 2.45) is 5.92 Å². The zero-order chi connectivity index (χ0) is 16.3. The van der Waals surface area contributed by atoms with Crippen LogP contribution in [0.4, 0.5) is 4.79 Å². The van der Waals surface area contributed by atoms with Gasteiger partial charge >= 0.3 is 6.09 Å². The molecule has 0 aliphatic rings. The second-order valence-corrected chi connectivity index (χ2v) is 5.48. The molecule has 22 heavy (non-hydrogen) atoms. The second-order valence-electron chi connectivity index (χ2n) is 5.48. The zero-order valence-corrected chi connectivity index (χ0v) is 12.7. The number of benzene rings is 1. The molecule has 0 radical (unpaired) electrons. The summed E-state index contributed by atoms with van der Waals surface area (Å²) in [6.07, 6.45) is 0.223. The molecule has 1 aromatic heterocycles. The van der Waals surface area contributed by atoms with Gasteiger partial charge in [-0.05, 0) is 18.4 Å². The Hall–Kier alpha value is -2.57. The number of rotatable bonds is 6. The number of carbonyl (C=O) groups excluding carboxylic acids is 1. The minimum atomic E-state index is -1.10. The fourth-order valence-corrected chi connectivity index (χ4v) is 2.37. The highest BCUT2D eigenvalue weighted by molar-refractivity contribution is 5.89. The van der Waals surface area contributed by atoms with Crippen molar-refractivity contribution < 1.29 is 19.4 Å². The number of aromatic nitrogens is 2. The van der Waals surface area contributed by atoms with Crippen LogP contribution in [-0.4, -0.2) is 34.6 Å². The molecule has 7 nitrogen and oxygen atoms in total. The third-order valence-corrected chi connectivity index (χ3v) is 3.31. The zero-order valence-electron chi connectivity index (χ0n) is 12.7. The van der Waals surface area contributed by atoms with Gasteiger partial charge in [0.15, 0.2) is 6.29 Å². The number of aldehydes is 1. The van der Waals surface area contributed by atoms with Gasteiger partial charge < -0.3 is 20.1 Å². The van der Waals surface area contributed by atoms with E-state index in [-0.39, 0.29) is 0 Å². The molecule has 0 aliphatic heterocycles. The molecule has 2 aromatic rings. The Morgan fingerprint density at radius 2 is 2.23 bits per heavy atom. The van der Waals surface area contributed by atoms with Gasteiger partial charge in [-0.2, -0.15) is 0 Å². The van der Waals surface area contributed by atoms with Crippen molar-refractivity contribution in [2.75, 3.05) is 7.11 Å². The summed E-state index contributed by atoms with van der Waals surface area (Å²) in [7, 11) is 1.48. The van der Waals surface area contributed by atoms with Gasteiger partial charge in [-0.15, -0.1) is 0 Å². The maximum atomic E-state index is 11.1. The van der Waals surface area contributed by atoms with Crippen molar-refractivity contribution in [1.29, 1.82) is 0 Å². The first-order chi connectivity index (χ1) is 10.4. The van der Waals surface area contributed by atoms with E-state index < -0.39 is 12.1 Å². The number of methoxy groups -OCH3 is 1. The molecule has 1 amide bonds. The first-order valence-corrected chi connectivity index (χ1v) is 6.96. The van der Waals surface area contributed by atoms with Crippen molar-refractivity contribution in [3.8, 4) is 5.75 Å². The highest BCUT2D eigenvalue weighted by atomic mass is 16.5. The van der Waals surface area contributed by atoms with Gasteiger partial charge in [0.05, 0.1) is 29.7 Å². The van der Waals surface area contributed by atoms with Gasteiger partial charge in [-0.3, -0.25) is 4.79 Å². The van der Waals surface area contributed by atoms with Crippen LogP contribution in [-0.2, 0) is 0 Å². The number of amides is 1. The number of hydrogen-bond donors (Lipinski definition) is 3. The van der Waals surface area contributed by atoms with Crippen LogP contribution >= 0.6 is 0 Å². The van der Waals surface area contributed by atoms with Crippen LogP contribution in [0.25, 0.3) is 11.0 Å². The molecule has 1 heterocycles. The molecule has 0 bridgehead atoms. The van der Waals surface area contributed by atoms with Crippen molar-refractivity contribution in [3.63, 3.8) is 0 Å². The predicted molar refractivity (Wildman–Crippen MR) is 81.4 cm³/mol. The third-order valence-electron chi connectivity index (χ3n) is 3.31. The molecular weight excluding hydrogens is 286 g/mol. The highest BCUT2D eigenvalue weighted by Gasteiger charge is 2.20. The quantitative estimate of drug-likeness (QED) is 0.712. The van der Waals surface area contributed by atoms with E-state index in [4.69, 9.17) is 9.84 Å². The summed E-state index contributed by atoms with van der Waals surface area (Å²) in [5.74, 6) is 1.26. The van der Waals surface area contributed by atoms with E-state index in [1.54, 1.807) is 12.1 Å². The molecule has 0 saturated carbocycles. The molecule has 0 spiro atoms. The summed E-state index contributed by atoms with van der Waals surface area (Å²) in [6.45, 7) is 4.01. The molecule has 3 N–H and O–H groups in total. The minimum absolute atomic E-state index is 0.296.